The van der Waals surface area contributed by atoms with Gasteiger partial charge >= 0.3 is 12.0 Å². The first-order valence-electron chi connectivity index (χ1n) is 14.6. The lowest BCUT2D eigenvalue weighted by Crippen LogP contribution is -2.65. The number of nitrogens with two attached hydrogens (primary N) is 1. The number of carboxylic acids is 1. The molecule has 13 heteroatoms. The summed E-state index contributed by atoms with van der Waals surface area (Å²) in [5.41, 5.74) is 7.42. The zero-order valence-electron chi connectivity index (χ0n) is 24.9. The molecule has 0 saturated carbocycles. The molecule has 8 N–H and O–H groups in total. The van der Waals surface area contributed by atoms with Crippen LogP contribution in [0.25, 0.3) is 0 Å². The average molecular weight is 608 g/mol. The number of rotatable bonds is 15. The molecule has 0 radical (unpaired) electrons. The van der Waals surface area contributed by atoms with E-state index in [1.807, 2.05) is 37.3 Å². The molecule has 236 valence electrons. The molecule has 4 amide bonds. The van der Waals surface area contributed by atoms with Crippen LogP contribution in [0, 0.1) is 5.92 Å². The summed E-state index contributed by atoms with van der Waals surface area (Å²) in [6.45, 7) is 3.94. The number of aldehydes is 1. The molecule has 13 nitrogen and oxygen atoms in total. The van der Waals surface area contributed by atoms with Crippen LogP contribution in [-0.4, -0.2) is 77.9 Å². The maximum atomic E-state index is 13.7. The Balaban J connectivity index is 1.76. The lowest BCUT2D eigenvalue weighted by atomic mass is 9.96. The van der Waals surface area contributed by atoms with E-state index in [1.165, 1.54) is 0 Å². The van der Waals surface area contributed by atoms with Crippen LogP contribution >= 0.6 is 0 Å². The molecule has 0 unspecified atom stereocenters. The van der Waals surface area contributed by atoms with Gasteiger partial charge in [-0.2, -0.15) is 0 Å². The van der Waals surface area contributed by atoms with Crippen molar-refractivity contribution in [2.45, 2.75) is 69.7 Å². The number of hydrogen-bond donors (Lipinski definition) is 7. The molecule has 6 atom stereocenters. The number of urea groups is 1. The number of benzene rings is 2. The fourth-order valence-corrected chi connectivity index (χ4v) is 4.84. The van der Waals surface area contributed by atoms with E-state index < -0.39 is 54.0 Å². The van der Waals surface area contributed by atoms with Gasteiger partial charge < -0.3 is 42.2 Å². The van der Waals surface area contributed by atoms with Crippen molar-refractivity contribution in [3.8, 4) is 0 Å². The predicted molar refractivity (Wildman–Crippen MR) is 165 cm³/mol. The Labute approximate surface area is 256 Å². The molecule has 3 rings (SSSR count). The maximum Gasteiger partial charge on any atom is 0.326 e. The summed E-state index contributed by atoms with van der Waals surface area (Å²) >= 11 is 0. The number of carbonyl (C=O) groups excluding carboxylic acids is 4. The van der Waals surface area contributed by atoms with Crippen LogP contribution in [0.3, 0.4) is 0 Å². The first-order valence-corrected chi connectivity index (χ1v) is 14.6. The SMILES string of the molecule is CC[C@@H](C)[C@H](NC(=O)[C@@H](NC(=O)N[C@@H](Cc1ccccc1)C(=O)O)[C@@H]1CCN=C(N)N1)C(=O)N[C@H](C=O)Cc1ccccc1. The van der Waals surface area contributed by atoms with E-state index in [9.17, 15) is 29.1 Å². The fraction of sp³-hybridized carbons (Fsp3) is 0.419. The number of nitrogens with one attached hydrogen (secondary N) is 5. The van der Waals surface area contributed by atoms with Crippen molar-refractivity contribution in [1.82, 2.24) is 26.6 Å². The Bertz CT molecular complexity index is 1310. The molecule has 2 aromatic carbocycles. The molecule has 0 saturated heterocycles. The normalized spacial score (nSPS) is 17.7. The van der Waals surface area contributed by atoms with Gasteiger partial charge in [-0.1, -0.05) is 80.9 Å². The monoisotopic (exact) mass is 607 g/mol. The molecule has 1 aliphatic heterocycles. The maximum absolute atomic E-state index is 13.7. The molecule has 44 heavy (non-hydrogen) atoms. The Morgan fingerprint density at radius 3 is 2.11 bits per heavy atom. The van der Waals surface area contributed by atoms with Gasteiger partial charge in [0.15, 0.2) is 5.96 Å². The van der Waals surface area contributed by atoms with Crippen LogP contribution < -0.4 is 32.3 Å². The summed E-state index contributed by atoms with van der Waals surface area (Å²) < 4.78 is 0. The fourth-order valence-electron chi connectivity index (χ4n) is 4.84. The molecule has 0 spiro atoms. The molecule has 0 bridgehead atoms. The summed E-state index contributed by atoms with van der Waals surface area (Å²) in [6, 6.07) is 12.1. The second kappa shape index (κ2) is 16.6. The van der Waals surface area contributed by atoms with Crippen molar-refractivity contribution in [2.24, 2.45) is 16.6 Å². The highest BCUT2D eigenvalue weighted by Gasteiger charge is 2.36. The van der Waals surface area contributed by atoms with Crippen LogP contribution in [0.4, 0.5) is 4.79 Å². The molecule has 2 aromatic rings. The summed E-state index contributed by atoms with van der Waals surface area (Å²) in [5, 5.41) is 23.1. The van der Waals surface area contributed by atoms with Crippen molar-refractivity contribution in [3.63, 3.8) is 0 Å². The Morgan fingerprint density at radius 1 is 0.955 bits per heavy atom. The number of aliphatic carboxylic acids is 1. The van der Waals surface area contributed by atoms with Gasteiger partial charge in [0, 0.05) is 13.0 Å². The molecule has 1 heterocycles. The van der Waals surface area contributed by atoms with Gasteiger partial charge in [0.25, 0.3) is 0 Å². The molecular formula is C31H41N7O6. The summed E-state index contributed by atoms with van der Waals surface area (Å²) in [6.07, 6.45) is 1.81. The summed E-state index contributed by atoms with van der Waals surface area (Å²) in [5.74, 6) is -2.72. The van der Waals surface area contributed by atoms with Gasteiger partial charge in [-0.3, -0.25) is 14.6 Å². The molecule has 0 fully saturated rings. The minimum absolute atomic E-state index is 0.0267. The lowest BCUT2D eigenvalue weighted by molar-refractivity contribution is -0.139. The lowest BCUT2D eigenvalue weighted by Gasteiger charge is -2.33. The van der Waals surface area contributed by atoms with E-state index in [4.69, 9.17) is 5.73 Å². The van der Waals surface area contributed by atoms with Crippen molar-refractivity contribution in [2.75, 3.05) is 6.54 Å². The second-order valence-electron chi connectivity index (χ2n) is 10.8. The van der Waals surface area contributed by atoms with Crippen LogP contribution in [0.2, 0.25) is 0 Å². The van der Waals surface area contributed by atoms with E-state index in [2.05, 4.69) is 31.6 Å². The van der Waals surface area contributed by atoms with Gasteiger partial charge in [-0.25, -0.2) is 9.59 Å². The number of guanidine groups is 1. The van der Waals surface area contributed by atoms with Gasteiger partial charge in [0.05, 0.1) is 12.1 Å². The topological polar surface area (TPSA) is 204 Å². The molecular weight excluding hydrogens is 566 g/mol. The quantitative estimate of drug-likeness (QED) is 0.142. The van der Waals surface area contributed by atoms with Crippen molar-refractivity contribution in [1.29, 1.82) is 0 Å². The largest absolute Gasteiger partial charge is 0.480 e. The van der Waals surface area contributed by atoms with Gasteiger partial charge in [-0.05, 0) is 29.9 Å². The molecule has 0 aliphatic carbocycles. The third-order valence-electron chi connectivity index (χ3n) is 7.50. The smallest absolute Gasteiger partial charge is 0.326 e. The van der Waals surface area contributed by atoms with Crippen LogP contribution in [0.5, 0.6) is 0 Å². The number of amides is 4. The van der Waals surface area contributed by atoms with Gasteiger partial charge in [0.1, 0.15) is 24.4 Å². The zero-order chi connectivity index (χ0) is 32.1. The number of carbonyl (C=O) groups is 5. The number of nitrogens with zero attached hydrogens (tertiary/aromatic N) is 1. The third-order valence-corrected chi connectivity index (χ3v) is 7.50. The van der Waals surface area contributed by atoms with Gasteiger partial charge in [-0.15, -0.1) is 0 Å². The summed E-state index contributed by atoms with van der Waals surface area (Å²) in [4.78, 5) is 68.0. The van der Waals surface area contributed by atoms with E-state index in [1.54, 1.807) is 37.3 Å². The van der Waals surface area contributed by atoms with Gasteiger partial charge in [0.2, 0.25) is 11.8 Å². The number of carboxylic acid groups (broad SMARTS) is 1. The predicted octanol–water partition coefficient (Wildman–Crippen LogP) is 0.484. The van der Waals surface area contributed by atoms with Crippen molar-refractivity contribution in [3.05, 3.63) is 71.8 Å². The van der Waals surface area contributed by atoms with E-state index >= 15 is 0 Å². The molecule has 1 aliphatic rings. The standard InChI is InChI=1S/C31H41N7O6/c1-3-19(2)25(27(40)34-22(18-39)16-20-10-6-4-7-11-20)37-28(41)26(23-14-15-33-30(32)35-23)38-31(44)36-24(29(42)43)17-21-12-8-5-9-13-21/h4-13,18-19,22-26H,3,14-17H2,1-2H3,(H,34,40)(H,37,41)(H,42,43)(H3,32,33,35)(H2,36,38,44)/t19-,22+,23+,24+,25+,26+/m1/s1. The van der Waals surface area contributed by atoms with Crippen molar-refractivity contribution >= 4 is 36.1 Å². The van der Waals surface area contributed by atoms with Crippen LogP contribution in [0.1, 0.15) is 37.8 Å². The number of aliphatic imine (C=N–C) groups is 1. The van der Waals surface area contributed by atoms with E-state index in [0.29, 0.717) is 24.7 Å². The first-order chi connectivity index (χ1) is 21.1. The Hall–Kier alpha value is -4.94. The zero-order valence-corrected chi connectivity index (χ0v) is 24.9. The minimum Gasteiger partial charge on any atom is -0.480 e. The van der Waals surface area contributed by atoms with E-state index in [-0.39, 0.29) is 31.3 Å². The van der Waals surface area contributed by atoms with Crippen molar-refractivity contribution < 1.29 is 29.1 Å². The Kier molecular flexibility index (Phi) is 12.7. The minimum atomic E-state index is -1.27. The third kappa shape index (κ3) is 10.1. The first kappa shape index (κ1) is 33.6. The summed E-state index contributed by atoms with van der Waals surface area (Å²) in [7, 11) is 0. The highest BCUT2D eigenvalue weighted by atomic mass is 16.4. The Morgan fingerprint density at radius 2 is 1.57 bits per heavy atom. The number of hydrogen-bond acceptors (Lipinski definition) is 8. The van der Waals surface area contributed by atoms with E-state index in [0.717, 1.165) is 5.56 Å². The highest BCUT2D eigenvalue weighted by Crippen LogP contribution is 2.12. The average Bonchev–Trinajstić information content (AvgIpc) is 3.02. The van der Waals surface area contributed by atoms with Crippen LogP contribution in [0.15, 0.2) is 65.7 Å². The highest BCUT2D eigenvalue weighted by molar-refractivity contribution is 5.94. The van der Waals surface area contributed by atoms with Crippen LogP contribution in [-0.2, 0) is 32.0 Å². The molecule has 0 aromatic heterocycles. The second-order valence-corrected chi connectivity index (χ2v) is 10.8.